The number of hydrogen-bond donors (Lipinski definition) is 0. The Kier molecular flexibility index (Phi) is 5.01. The van der Waals surface area contributed by atoms with E-state index in [-0.39, 0.29) is 11.4 Å². The van der Waals surface area contributed by atoms with Crippen LogP contribution < -0.4 is 0 Å². The third-order valence-corrected chi connectivity index (χ3v) is 5.35. The van der Waals surface area contributed by atoms with Crippen molar-refractivity contribution in [3.05, 3.63) is 65.2 Å². The lowest BCUT2D eigenvalue weighted by Gasteiger charge is -2.17. The Morgan fingerprint density at radius 3 is 2.09 bits per heavy atom. The highest BCUT2D eigenvalue weighted by Gasteiger charge is 2.20. The first-order chi connectivity index (χ1) is 10.3. The third-order valence-electron chi connectivity index (χ3n) is 3.32. The molecule has 4 nitrogen and oxygen atoms in total. The number of sulfonamides is 1. The molecule has 116 valence electrons. The number of rotatable bonds is 5. The van der Waals surface area contributed by atoms with Crippen LogP contribution in [0.1, 0.15) is 21.5 Å². The number of carbonyl (C=O) groups excluding carboxylic acids is 1. The standard InChI is InChI=1S/C16H16ClNO3S/c1-12-3-9-15(10-4-12)22(20,21)18(2)11-13-5-7-14(8-6-13)16(17)19/h3-10H,11H2,1-2H3. The van der Waals surface area contributed by atoms with Gasteiger partial charge in [0.25, 0.3) is 5.24 Å². The normalized spacial score (nSPS) is 11.6. The van der Waals surface area contributed by atoms with Gasteiger partial charge in [-0.05, 0) is 48.4 Å². The molecule has 2 aromatic carbocycles. The van der Waals surface area contributed by atoms with Gasteiger partial charge in [-0.1, -0.05) is 29.8 Å². The first kappa shape index (κ1) is 16.7. The summed E-state index contributed by atoms with van der Waals surface area (Å²) in [4.78, 5) is 11.3. The first-order valence-corrected chi connectivity index (χ1v) is 8.44. The molecule has 0 aliphatic carbocycles. The fourth-order valence-electron chi connectivity index (χ4n) is 1.97. The second-order valence-corrected chi connectivity index (χ2v) is 7.43. The van der Waals surface area contributed by atoms with Gasteiger partial charge in [0.1, 0.15) is 0 Å². The van der Waals surface area contributed by atoms with E-state index in [9.17, 15) is 13.2 Å². The van der Waals surface area contributed by atoms with Crippen LogP contribution in [0.2, 0.25) is 0 Å². The fourth-order valence-corrected chi connectivity index (χ4v) is 3.26. The molecule has 0 amide bonds. The lowest BCUT2D eigenvalue weighted by atomic mass is 10.1. The molecule has 0 atom stereocenters. The molecule has 0 aliphatic rings. The van der Waals surface area contributed by atoms with E-state index in [0.29, 0.717) is 5.56 Å². The van der Waals surface area contributed by atoms with Crippen LogP contribution >= 0.6 is 11.6 Å². The van der Waals surface area contributed by atoms with Crippen molar-refractivity contribution in [3.63, 3.8) is 0 Å². The van der Waals surface area contributed by atoms with Crippen molar-refractivity contribution in [1.29, 1.82) is 0 Å². The van der Waals surface area contributed by atoms with E-state index in [4.69, 9.17) is 11.6 Å². The maximum absolute atomic E-state index is 12.5. The second kappa shape index (κ2) is 6.60. The Morgan fingerprint density at radius 1 is 1.05 bits per heavy atom. The van der Waals surface area contributed by atoms with Gasteiger partial charge in [-0.3, -0.25) is 4.79 Å². The van der Waals surface area contributed by atoms with Gasteiger partial charge in [-0.15, -0.1) is 0 Å². The van der Waals surface area contributed by atoms with E-state index in [2.05, 4.69) is 0 Å². The van der Waals surface area contributed by atoms with Crippen LogP contribution in [0.4, 0.5) is 0 Å². The minimum atomic E-state index is -3.54. The Hall–Kier alpha value is -1.69. The lowest BCUT2D eigenvalue weighted by Crippen LogP contribution is -2.26. The maximum Gasteiger partial charge on any atom is 0.252 e. The van der Waals surface area contributed by atoms with Crippen molar-refractivity contribution in [2.75, 3.05) is 7.05 Å². The molecule has 0 spiro atoms. The minimum absolute atomic E-state index is 0.215. The number of hydrogen-bond acceptors (Lipinski definition) is 3. The molecule has 0 saturated heterocycles. The fraction of sp³-hybridized carbons (Fsp3) is 0.188. The van der Waals surface area contributed by atoms with Crippen molar-refractivity contribution < 1.29 is 13.2 Å². The van der Waals surface area contributed by atoms with Gasteiger partial charge in [0.2, 0.25) is 10.0 Å². The zero-order valence-electron chi connectivity index (χ0n) is 12.3. The van der Waals surface area contributed by atoms with E-state index < -0.39 is 15.3 Å². The predicted octanol–water partition coefficient (Wildman–Crippen LogP) is 3.19. The van der Waals surface area contributed by atoms with Crippen LogP contribution in [0.3, 0.4) is 0 Å². The zero-order valence-corrected chi connectivity index (χ0v) is 13.9. The van der Waals surface area contributed by atoms with Crippen molar-refractivity contribution in [2.45, 2.75) is 18.4 Å². The summed E-state index contributed by atoms with van der Waals surface area (Å²) in [6.07, 6.45) is 0. The molecule has 0 bridgehead atoms. The molecular formula is C16H16ClNO3S. The average Bonchev–Trinajstić information content (AvgIpc) is 2.48. The van der Waals surface area contributed by atoms with Crippen LogP contribution in [-0.4, -0.2) is 25.0 Å². The van der Waals surface area contributed by atoms with Crippen LogP contribution in [0.15, 0.2) is 53.4 Å². The topological polar surface area (TPSA) is 54.5 Å². The molecule has 0 unspecified atom stereocenters. The SMILES string of the molecule is Cc1ccc(S(=O)(=O)N(C)Cc2ccc(C(=O)Cl)cc2)cc1. The summed E-state index contributed by atoms with van der Waals surface area (Å²) in [5.41, 5.74) is 2.16. The van der Waals surface area contributed by atoms with Crippen molar-refractivity contribution in [3.8, 4) is 0 Å². The molecule has 0 aliphatic heterocycles. The highest BCUT2D eigenvalue weighted by atomic mass is 35.5. The van der Waals surface area contributed by atoms with Crippen molar-refractivity contribution in [1.82, 2.24) is 4.31 Å². The molecule has 0 heterocycles. The second-order valence-electron chi connectivity index (χ2n) is 5.04. The molecule has 0 saturated carbocycles. The highest BCUT2D eigenvalue weighted by Crippen LogP contribution is 2.18. The smallest absolute Gasteiger partial charge is 0.252 e. The molecule has 0 aromatic heterocycles. The highest BCUT2D eigenvalue weighted by molar-refractivity contribution is 7.89. The molecule has 22 heavy (non-hydrogen) atoms. The lowest BCUT2D eigenvalue weighted by molar-refractivity contribution is 0.108. The summed E-state index contributed by atoms with van der Waals surface area (Å²) < 4.78 is 26.2. The monoisotopic (exact) mass is 337 g/mol. The van der Waals surface area contributed by atoms with Gasteiger partial charge in [0, 0.05) is 19.2 Å². The van der Waals surface area contributed by atoms with Gasteiger partial charge in [0.05, 0.1) is 4.90 Å². The molecule has 0 N–H and O–H groups in total. The molecule has 0 fully saturated rings. The molecule has 2 aromatic rings. The van der Waals surface area contributed by atoms with Gasteiger partial charge in [-0.25, -0.2) is 8.42 Å². The van der Waals surface area contributed by atoms with Crippen LogP contribution in [-0.2, 0) is 16.6 Å². The summed E-state index contributed by atoms with van der Waals surface area (Å²) in [6.45, 7) is 2.12. The Bertz CT molecular complexity index is 768. The van der Waals surface area contributed by atoms with Crippen LogP contribution in [0.25, 0.3) is 0 Å². The van der Waals surface area contributed by atoms with Gasteiger partial charge in [-0.2, -0.15) is 4.31 Å². The summed E-state index contributed by atoms with van der Waals surface area (Å²) >= 11 is 5.38. The molecule has 2 rings (SSSR count). The average molecular weight is 338 g/mol. The van der Waals surface area contributed by atoms with Crippen LogP contribution in [0.5, 0.6) is 0 Å². The molecule has 6 heteroatoms. The van der Waals surface area contributed by atoms with Crippen LogP contribution in [0, 0.1) is 6.92 Å². The van der Waals surface area contributed by atoms with Crippen molar-refractivity contribution in [2.24, 2.45) is 0 Å². The maximum atomic E-state index is 12.5. The molecule has 0 radical (unpaired) electrons. The Morgan fingerprint density at radius 2 is 1.59 bits per heavy atom. The third kappa shape index (κ3) is 3.74. The van der Waals surface area contributed by atoms with Gasteiger partial charge < -0.3 is 0 Å². The van der Waals surface area contributed by atoms with Crippen molar-refractivity contribution >= 4 is 26.9 Å². The van der Waals surface area contributed by atoms with Gasteiger partial charge in [0.15, 0.2) is 0 Å². The summed E-state index contributed by atoms with van der Waals surface area (Å²) in [5, 5.41) is -0.535. The van der Waals surface area contributed by atoms with Gasteiger partial charge >= 0.3 is 0 Å². The molecular weight excluding hydrogens is 322 g/mol. The number of carbonyl (C=O) groups is 1. The van der Waals surface area contributed by atoms with E-state index in [0.717, 1.165) is 11.1 Å². The van der Waals surface area contributed by atoms with E-state index in [1.807, 2.05) is 6.92 Å². The zero-order chi connectivity index (χ0) is 16.3. The van der Waals surface area contributed by atoms with E-state index in [1.54, 1.807) is 48.5 Å². The number of benzene rings is 2. The van der Waals surface area contributed by atoms with E-state index >= 15 is 0 Å². The summed E-state index contributed by atoms with van der Waals surface area (Å²) in [7, 11) is -2.02. The quantitative estimate of drug-likeness (QED) is 0.787. The number of aryl methyl sites for hydroxylation is 1. The summed E-state index contributed by atoms with van der Waals surface area (Å²) in [5.74, 6) is 0. The largest absolute Gasteiger partial charge is 0.276 e. The van der Waals surface area contributed by atoms with E-state index in [1.165, 1.54) is 11.4 Å². The number of halogens is 1. The number of nitrogens with zero attached hydrogens (tertiary/aromatic N) is 1. The first-order valence-electron chi connectivity index (χ1n) is 6.62. The minimum Gasteiger partial charge on any atom is -0.276 e. The Balaban J connectivity index is 2.18. The predicted molar refractivity (Wildman–Crippen MR) is 86.5 cm³/mol. The summed E-state index contributed by atoms with van der Waals surface area (Å²) in [6, 6.07) is 13.3. The Labute approximate surface area is 135 Å².